The predicted molar refractivity (Wildman–Crippen MR) is 147 cm³/mol. The van der Waals surface area contributed by atoms with Gasteiger partial charge in [-0.2, -0.15) is 0 Å². The monoisotopic (exact) mass is 567 g/mol. The number of piperazine rings is 1. The van der Waals surface area contributed by atoms with Crippen LogP contribution in [0.3, 0.4) is 0 Å². The minimum Gasteiger partial charge on any atom is -0.492 e. The number of benzene rings is 2. The van der Waals surface area contributed by atoms with Crippen LogP contribution in [0.4, 0.5) is 10.1 Å². The molecule has 9 nitrogen and oxygen atoms in total. The van der Waals surface area contributed by atoms with Gasteiger partial charge in [0.1, 0.15) is 35.9 Å². The number of carboxylic acid groups (broad SMARTS) is 1. The minimum absolute atomic E-state index is 0.0790. The van der Waals surface area contributed by atoms with Crippen LogP contribution in [0, 0.1) is 5.82 Å². The number of halogens is 2. The van der Waals surface area contributed by atoms with E-state index >= 15 is 4.39 Å². The Morgan fingerprint density at radius 1 is 1.12 bits per heavy atom. The van der Waals surface area contributed by atoms with Crippen molar-refractivity contribution in [3.63, 3.8) is 0 Å². The van der Waals surface area contributed by atoms with Gasteiger partial charge in [-0.05, 0) is 42.7 Å². The second kappa shape index (κ2) is 10.6. The van der Waals surface area contributed by atoms with E-state index < -0.39 is 23.2 Å². The van der Waals surface area contributed by atoms with Crippen LogP contribution in [0.15, 0.2) is 53.1 Å². The first-order valence-corrected chi connectivity index (χ1v) is 13.6. The van der Waals surface area contributed by atoms with E-state index in [1.54, 1.807) is 34.9 Å². The molecule has 0 atom stereocenters. The van der Waals surface area contributed by atoms with E-state index in [9.17, 15) is 19.5 Å². The van der Waals surface area contributed by atoms with Crippen LogP contribution in [0.1, 0.15) is 34.8 Å². The van der Waals surface area contributed by atoms with Crippen molar-refractivity contribution in [1.29, 1.82) is 0 Å². The molecule has 1 aliphatic carbocycles. The lowest BCUT2D eigenvalue weighted by molar-refractivity contribution is -0.134. The lowest BCUT2D eigenvalue weighted by Crippen LogP contribution is -2.47. The van der Waals surface area contributed by atoms with Crippen molar-refractivity contribution < 1.29 is 28.6 Å². The summed E-state index contributed by atoms with van der Waals surface area (Å²) < 4.78 is 28.2. The average molecular weight is 568 g/mol. The first kappa shape index (κ1) is 26.3. The van der Waals surface area contributed by atoms with Gasteiger partial charge in [0, 0.05) is 55.4 Å². The fourth-order valence-corrected chi connectivity index (χ4v) is 5.53. The Labute approximate surface area is 233 Å². The fraction of sp³-hybridized carbons (Fsp3) is 0.345. The molecular formula is C29H27ClFN3O6. The molecule has 11 heteroatoms. The van der Waals surface area contributed by atoms with Crippen LogP contribution in [0.2, 0.25) is 5.02 Å². The number of hydrogen-bond donors (Lipinski definition) is 1. The number of hydrogen-bond acceptors (Lipinski definition) is 7. The third kappa shape index (κ3) is 5.04. The molecule has 3 aliphatic rings. The fourth-order valence-electron chi connectivity index (χ4n) is 5.34. The van der Waals surface area contributed by atoms with Crippen molar-refractivity contribution in [3.8, 4) is 0 Å². The number of carbonyl (C=O) groups excluding carboxylic acids is 1. The summed E-state index contributed by atoms with van der Waals surface area (Å²) in [6, 6.07) is 9.96. The summed E-state index contributed by atoms with van der Waals surface area (Å²) in [7, 11) is 0. The van der Waals surface area contributed by atoms with E-state index in [1.807, 2.05) is 4.90 Å². The molecule has 0 unspecified atom stereocenters. The summed E-state index contributed by atoms with van der Waals surface area (Å²) in [6.07, 6.45) is 3.17. The van der Waals surface area contributed by atoms with Crippen LogP contribution >= 0.6 is 11.6 Å². The summed E-state index contributed by atoms with van der Waals surface area (Å²) >= 11 is 6.08. The summed E-state index contributed by atoms with van der Waals surface area (Å²) in [4.78, 5) is 40.8. The largest absolute Gasteiger partial charge is 0.492 e. The molecular weight excluding hydrogens is 541 g/mol. The van der Waals surface area contributed by atoms with Crippen molar-refractivity contribution in [1.82, 2.24) is 9.47 Å². The van der Waals surface area contributed by atoms with Crippen LogP contribution in [0.5, 0.6) is 0 Å². The Kier molecular flexibility index (Phi) is 6.97. The number of aromatic carboxylic acids is 1. The van der Waals surface area contributed by atoms with Gasteiger partial charge in [-0.15, -0.1) is 0 Å². The van der Waals surface area contributed by atoms with Gasteiger partial charge in [0.25, 0.3) is 0 Å². The Morgan fingerprint density at radius 2 is 1.90 bits per heavy atom. The lowest BCUT2D eigenvalue weighted by atomic mass is 10.1. The highest BCUT2D eigenvalue weighted by molar-refractivity contribution is 6.31. The van der Waals surface area contributed by atoms with Crippen molar-refractivity contribution in [2.45, 2.75) is 18.9 Å². The SMILES string of the molecule is O=C1OCC(OCCN2CCN(c3cc4c(cc3F)c(=O)c(C(=O)O)cn4C3CC3)CC2)=C1c1cccc(Cl)c1. The number of nitrogens with zero attached hydrogens (tertiary/aromatic N) is 3. The highest BCUT2D eigenvalue weighted by Gasteiger charge is 2.30. The third-order valence-corrected chi connectivity index (χ3v) is 7.83. The van der Waals surface area contributed by atoms with Crippen molar-refractivity contribution in [3.05, 3.63) is 80.5 Å². The van der Waals surface area contributed by atoms with E-state index in [1.165, 1.54) is 12.3 Å². The van der Waals surface area contributed by atoms with E-state index in [-0.39, 0.29) is 23.6 Å². The van der Waals surface area contributed by atoms with Gasteiger partial charge in [0.2, 0.25) is 5.43 Å². The molecule has 2 aliphatic heterocycles. The molecule has 1 saturated heterocycles. The minimum atomic E-state index is -1.31. The maximum Gasteiger partial charge on any atom is 0.342 e. The predicted octanol–water partition coefficient (Wildman–Crippen LogP) is 3.93. The zero-order valence-electron chi connectivity index (χ0n) is 21.6. The first-order chi connectivity index (χ1) is 19.3. The van der Waals surface area contributed by atoms with Gasteiger partial charge >= 0.3 is 11.9 Å². The number of carbonyl (C=O) groups is 2. The maximum atomic E-state index is 15.2. The Balaban J connectivity index is 1.12. The van der Waals surface area contributed by atoms with E-state index in [4.69, 9.17) is 21.1 Å². The molecule has 2 aromatic carbocycles. The van der Waals surface area contributed by atoms with Gasteiger partial charge in [0.15, 0.2) is 0 Å². The summed E-state index contributed by atoms with van der Waals surface area (Å²) in [5.41, 5.74) is 0.991. The van der Waals surface area contributed by atoms with Crippen LogP contribution < -0.4 is 10.3 Å². The van der Waals surface area contributed by atoms with Gasteiger partial charge < -0.3 is 24.0 Å². The Bertz CT molecular complexity index is 1610. The molecule has 1 N–H and O–H groups in total. The van der Waals surface area contributed by atoms with E-state index in [0.717, 1.165) is 12.8 Å². The smallest absolute Gasteiger partial charge is 0.342 e. The standard InChI is InChI=1S/C29H27ClFN3O6/c30-18-3-1-2-17(12-18)26-25(16-40-29(26)38)39-11-10-32-6-8-33(9-7-32)24-14-23-20(13-22(24)31)27(35)21(28(36)37)15-34(23)19-4-5-19/h1-3,12-15,19H,4-11,16H2,(H,36,37). The summed E-state index contributed by atoms with van der Waals surface area (Å²) in [5, 5.41) is 10.1. The topological polar surface area (TPSA) is 101 Å². The molecule has 3 heterocycles. The first-order valence-electron chi connectivity index (χ1n) is 13.2. The molecule has 6 rings (SSSR count). The number of cyclic esters (lactones) is 1. The number of pyridine rings is 1. The van der Waals surface area contributed by atoms with Gasteiger partial charge in [-0.3, -0.25) is 9.69 Å². The molecule has 0 radical (unpaired) electrons. The second-order valence-electron chi connectivity index (χ2n) is 10.2. The molecule has 208 valence electrons. The van der Waals surface area contributed by atoms with Gasteiger partial charge in [0.05, 0.1) is 11.2 Å². The molecule has 0 amide bonds. The summed E-state index contributed by atoms with van der Waals surface area (Å²) in [5.74, 6) is -1.81. The number of fused-ring (bicyclic) bond motifs is 1. The molecule has 40 heavy (non-hydrogen) atoms. The van der Waals surface area contributed by atoms with Crippen LogP contribution in [0.25, 0.3) is 16.5 Å². The molecule has 3 aromatic rings. The number of carboxylic acids is 1. The van der Waals surface area contributed by atoms with Gasteiger partial charge in [-0.1, -0.05) is 23.7 Å². The molecule has 0 spiro atoms. The number of esters is 1. The Hall–Kier alpha value is -3.89. The van der Waals surface area contributed by atoms with Gasteiger partial charge in [-0.25, -0.2) is 14.0 Å². The molecule has 0 bridgehead atoms. The highest BCUT2D eigenvalue weighted by atomic mass is 35.5. The number of rotatable bonds is 8. The zero-order valence-corrected chi connectivity index (χ0v) is 22.3. The molecule has 1 saturated carbocycles. The van der Waals surface area contributed by atoms with Crippen molar-refractivity contribution in [2.24, 2.45) is 0 Å². The zero-order chi connectivity index (χ0) is 28.0. The van der Waals surface area contributed by atoms with E-state index in [2.05, 4.69) is 4.90 Å². The number of aromatic nitrogens is 1. The third-order valence-electron chi connectivity index (χ3n) is 7.60. The number of ether oxygens (including phenoxy) is 2. The normalized spacial score (nSPS) is 17.9. The maximum absolute atomic E-state index is 15.2. The quantitative estimate of drug-likeness (QED) is 0.409. The molecule has 1 aromatic heterocycles. The molecule has 2 fully saturated rings. The average Bonchev–Trinajstić information content (AvgIpc) is 3.71. The number of anilines is 1. The lowest BCUT2D eigenvalue weighted by Gasteiger charge is -2.36. The second-order valence-corrected chi connectivity index (χ2v) is 10.6. The summed E-state index contributed by atoms with van der Waals surface area (Å²) in [6.45, 7) is 3.54. The highest BCUT2D eigenvalue weighted by Crippen LogP contribution is 2.38. The van der Waals surface area contributed by atoms with Crippen LogP contribution in [-0.4, -0.2) is 72.4 Å². The van der Waals surface area contributed by atoms with E-state index in [0.29, 0.717) is 72.5 Å². The Morgan fingerprint density at radius 3 is 2.60 bits per heavy atom. The van der Waals surface area contributed by atoms with Crippen LogP contribution in [-0.2, 0) is 14.3 Å². The van der Waals surface area contributed by atoms with Crippen molar-refractivity contribution in [2.75, 3.05) is 50.8 Å². The van der Waals surface area contributed by atoms with Crippen molar-refractivity contribution >= 4 is 45.7 Å².